The number of likely N-dealkylation sites (N-methyl/N-ethyl adjacent to an activating group) is 2. The fourth-order valence-electron chi connectivity index (χ4n) is 12.5. The van der Waals surface area contributed by atoms with Crippen molar-refractivity contribution in [3.8, 4) is 0 Å². The number of urea groups is 1. The summed E-state index contributed by atoms with van der Waals surface area (Å²) in [6, 6.07) is 15.9. The van der Waals surface area contributed by atoms with Gasteiger partial charge in [0.1, 0.15) is 5.78 Å². The van der Waals surface area contributed by atoms with Gasteiger partial charge in [-0.3, -0.25) is 38.5 Å². The number of likely N-dealkylation sites (tertiary alicyclic amines) is 2. The highest BCUT2D eigenvalue weighted by Gasteiger charge is 2.49. The number of aliphatic carboxylic acids is 1. The number of Topliss-reactive ketones (excluding diaryl/α,β-unsaturated/α-hetero) is 2. The summed E-state index contributed by atoms with van der Waals surface area (Å²) in [5, 5.41) is 20.4. The number of nitrogens with zero attached hydrogens (tertiary/aromatic N) is 3. The maximum Gasteiger partial charge on any atom is 0.315 e. The second kappa shape index (κ2) is 32.1. The van der Waals surface area contributed by atoms with E-state index >= 15 is 0 Å². The molecule has 0 radical (unpaired) electrons. The van der Waals surface area contributed by atoms with Crippen LogP contribution >= 0.6 is 0 Å². The van der Waals surface area contributed by atoms with E-state index in [0.717, 1.165) is 68.9 Å². The molecule has 2 aromatic rings. The Labute approximate surface area is 476 Å². The molecule has 1 aliphatic carbocycles. The zero-order valence-electron chi connectivity index (χ0n) is 49.5. The summed E-state index contributed by atoms with van der Waals surface area (Å²) in [5.41, 5.74) is 2.27. The minimum absolute atomic E-state index is 0.0138. The fraction of sp³-hybridized carbons (Fsp3) is 0.677. The molecule has 444 valence electrons. The Bertz CT molecular complexity index is 2350. The van der Waals surface area contributed by atoms with Crippen LogP contribution in [-0.2, 0) is 56.0 Å². The van der Waals surface area contributed by atoms with Gasteiger partial charge in [0.2, 0.25) is 23.6 Å². The molecule has 18 nitrogen and oxygen atoms in total. The molecule has 5 rings (SSSR count). The van der Waals surface area contributed by atoms with Gasteiger partial charge in [0, 0.05) is 96.2 Å². The summed E-state index contributed by atoms with van der Waals surface area (Å²) in [6.07, 6.45) is 7.67. The van der Waals surface area contributed by atoms with Crippen LogP contribution in [0, 0.1) is 41.4 Å². The number of nitrogens with one attached hydrogen (secondary N) is 4. The minimum atomic E-state index is -0.997. The molecule has 1 saturated carbocycles. The van der Waals surface area contributed by atoms with Gasteiger partial charge in [-0.15, -0.1) is 0 Å². The molecule has 3 aliphatic rings. The number of carboxylic acids is 1. The highest BCUT2D eigenvalue weighted by Crippen LogP contribution is 2.43. The molecule has 2 saturated heterocycles. The number of ether oxygens (including phenoxy) is 2. The van der Waals surface area contributed by atoms with E-state index in [1.165, 1.54) is 6.92 Å². The third-order valence-electron chi connectivity index (χ3n) is 17.6. The molecule has 0 aromatic heterocycles. The van der Waals surface area contributed by atoms with E-state index in [2.05, 4.69) is 40.0 Å². The van der Waals surface area contributed by atoms with Gasteiger partial charge in [0.25, 0.3) is 0 Å². The first-order chi connectivity index (χ1) is 38.2. The van der Waals surface area contributed by atoms with E-state index in [0.29, 0.717) is 50.1 Å². The van der Waals surface area contributed by atoms with Crippen molar-refractivity contribution in [2.24, 2.45) is 41.4 Å². The van der Waals surface area contributed by atoms with Crippen LogP contribution in [0.4, 0.5) is 10.5 Å². The Kier molecular flexibility index (Phi) is 26.1. The second-order valence-corrected chi connectivity index (χ2v) is 23.5. The molecule has 18 heteroatoms. The molecule has 2 aliphatic heterocycles. The number of methoxy groups -OCH3 is 2. The molecule has 0 spiro atoms. The molecular weight excluding hydrogens is 1020 g/mol. The number of piperidine rings is 1. The SMILES string of the molecule is CC[C@H](C)[C@@H]([C@@H](CC(=O)N1CCC[C@H]1[C@H](OC)[C@@H](C)C(=O)C[C@@H](Cc1ccccc1)C(=O)Nc1ccc(CNC(=O)NCCCCCCNC(=O)CC(C)C(=O)O)cc1)OC)N(C)C(=O)[C@@H](CC(=O)[C@@H]1[C@H]2CC[C@H](C2)N1C)C(C)C. The van der Waals surface area contributed by atoms with Crippen LogP contribution < -0.4 is 21.3 Å². The first-order valence-corrected chi connectivity index (χ1v) is 29.5. The topological polar surface area (TPSA) is 233 Å². The number of benzene rings is 2. The Balaban J connectivity index is 1.15. The second-order valence-electron chi connectivity index (χ2n) is 23.5. The molecule has 6 amide bonds. The van der Waals surface area contributed by atoms with E-state index in [1.54, 1.807) is 38.3 Å². The lowest BCUT2D eigenvalue weighted by atomic mass is 9.83. The average molecular weight is 1110 g/mol. The number of carboxylic acid groups (broad SMARTS) is 1. The lowest BCUT2D eigenvalue weighted by Crippen LogP contribution is -2.54. The summed E-state index contributed by atoms with van der Waals surface area (Å²) in [7, 11) is 6.97. The van der Waals surface area contributed by atoms with Crippen LogP contribution in [0.15, 0.2) is 54.6 Å². The molecule has 2 aromatic carbocycles. The predicted octanol–water partition coefficient (Wildman–Crippen LogP) is 7.66. The van der Waals surface area contributed by atoms with Crippen molar-refractivity contribution in [1.29, 1.82) is 0 Å². The first kappa shape index (κ1) is 65.1. The highest BCUT2D eigenvalue weighted by molar-refractivity contribution is 5.96. The van der Waals surface area contributed by atoms with E-state index < -0.39 is 53.9 Å². The number of carbonyl (C=O) groups is 8. The molecule has 2 bridgehead atoms. The Morgan fingerprint density at radius 3 is 2.05 bits per heavy atom. The monoisotopic (exact) mass is 1110 g/mol. The van der Waals surface area contributed by atoms with E-state index in [1.807, 2.05) is 75.2 Å². The van der Waals surface area contributed by atoms with Gasteiger partial charge in [-0.25, -0.2) is 4.79 Å². The van der Waals surface area contributed by atoms with E-state index in [4.69, 9.17) is 14.6 Å². The number of ketones is 2. The predicted molar refractivity (Wildman–Crippen MR) is 308 cm³/mol. The maximum absolute atomic E-state index is 14.6. The Hall–Kier alpha value is -5.72. The van der Waals surface area contributed by atoms with Crippen molar-refractivity contribution < 1.29 is 52.9 Å². The van der Waals surface area contributed by atoms with Crippen molar-refractivity contribution in [3.05, 3.63) is 65.7 Å². The molecule has 1 unspecified atom stereocenters. The van der Waals surface area contributed by atoms with Gasteiger partial charge < -0.3 is 45.6 Å². The summed E-state index contributed by atoms with van der Waals surface area (Å²) in [6.45, 7) is 13.1. The zero-order chi connectivity index (χ0) is 58.6. The molecule has 5 N–H and O–H groups in total. The summed E-state index contributed by atoms with van der Waals surface area (Å²) in [5.74, 6) is -4.21. The molecule has 12 atom stereocenters. The standard InChI is InChI=1S/C62H95N7O11/c1-11-40(4)56(68(8)60(75)49(39(2)3)36-52(71)57-45-25-28-48(34-45)67(57)7)53(79-9)37-55(73)69-31-19-22-50(69)58(80-10)42(6)51(70)35-46(33-43-20-15-14-16-21-43)59(74)66-47-26-23-44(24-27-47)38-65-62(78)64-30-18-13-12-17-29-63-54(72)32-41(5)61(76)77/h14-16,20-21,23-24,26-27,39-42,45-46,48-50,53,56-58H,11-13,17-19,22,25,28-38H2,1-10H3,(H,63,72)(H,66,74)(H,76,77)(H2,64,65,78)/t40-,41?,42-,45-,46+,48+,49-,50-,53+,56-,57-,58+/m0/s1. The van der Waals surface area contributed by atoms with Crippen LogP contribution in [0.1, 0.15) is 143 Å². The highest BCUT2D eigenvalue weighted by atomic mass is 16.5. The summed E-state index contributed by atoms with van der Waals surface area (Å²) in [4.78, 5) is 113. The van der Waals surface area contributed by atoms with Crippen LogP contribution in [0.2, 0.25) is 0 Å². The average Bonchev–Trinajstić information content (AvgIpc) is 4.22. The summed E-state index contributed by atoms with van der Waals surface area (Å²) < 4.78 is 12.3. The zero-order valence-corrected chi connectivity index (χ0v) is 49.5. The number of amides is 6. The number of hydrogen-bond donors (Lipinski definition) is 5. The molecular formula is C62H95N7O11. The number of hydrogen-bond acceptors (Lipinski definition) is 11. The summed E-state index contributed by atoms with van der Waals surface area (Å²) >= 11 is 0. The smallest absolute Gasteiger partial charge is 0.315 e. The van der Waals surface area contributed by atoms with Gasteiger partial charge in [-0.05, 0) is 99.4 Å². The normalized spacial score (nSPS) is 20.9. The third-order valence-corrected chi connectivity index (χ3v) is 17.6. The number of fused-ring (bicyclic) bond motifs is 2. The van der Waals surface area contributed by atoms with Crippen molar-refractivity contribution in [2.75, 3.05) is 53.3 Å². The number of anilines is 1. The van der Waals surface area contributed by atoms with Crippen LogP contribution in [-0.4, -0.2) is 151 Å². The van der Waals surface area contributed by atoms with Crippen LogP contribution in [0.3, 0.4) is 0 Å². The number of rotatable bonds is 34. The molecule has 3 fully saturated rings. The fourth-order valence-corrected chi connectivity index (χ4v) is 12.5. The Morgan fingerprint density at radius 1 is 0.775 bits per heavy atom. The van der Waals surface area contributed by atoms with Crippen LogP contribution in [0.5, 0.6) is 0 Å². The van der Waals surface area contributed by atoms with Gasteiger partial charge in [0.15, 0.2) is 5.78 Å². The molecule has 80 heavy (non-hydrogen) atoms. The molecule has 2 heterocycles. The number of carbonyl (C=O) groups excluding carboxylic acids is 7. The van der Waals surface area contributed by atoms with Crippen molar-refractivity contribution in [3.63, 3.8) is 0 Å². The minimum Gasteiger partial charge on any atom is -0.481 e. The van der Waals surface area contributed by atoms with Crippen molar-refractivity contribution >= 4 is 52.9 Å². The maximum atomic E-state index is 14.6. The van der Waals surface area contributed by atoms with E-state index in [9.17, 15) is 38.4 Å². The quantitative estimate of drug-likeness (QED) is 0.0425. The third kappa shape index (κ3) is 18.4. The van der Waals surface area contributed by atoms with Gasteiger partial charge in [-0.1, -0.05) is 103 Å². The van der Waals surface area contributed by atoms with Gasteiger partial charge >= 0.3 is 12.0 Å². The van der Waals surface area contributed by atoms with Crippen LogP contribution in [0.25, 0.3) is 0 Å². The lowest BCUT2D eigenvalue weighted by Gasteiger charge is -2.41. The van der Waals surface area contributed by atoms with Crippen molar-refractivity contribution in [1.82, 2.24) is 30.7 Å². The number of unbranched alkanes of at least 4 members (excludes halogenated alkanes) is 3. The van der Waals surface area contributed by atoms with Gasteiger partial charge in [0.05, 0.1) is 42.7 Å². The largest absolute Gasteiger partial charge is 0.481 e. The van der Waals surface area contributed by atoms with Crippen molar-refractivity contribution in [2.45, 2.75) is 181 Å². The van der Waals surface area contributed by atoms with Gasteiger partial charge in [-0.2, -0.15) is 0 Å². The van der Waals surface area contributed by atoms with E-state index in [-0.39, 0.29) is 91.3 Å². The Morgan fingerprint density at radius 2 is 1.45 bits per heavy atom. The lowest BCUT2D eigenvalue weighted by molar-refractivity contribution is -0.149. The first-order valence-electron chi connectivity index (χ1n) is 29.5.